The highest BCUT2D eigenvalue weighted by Gasteiger charge is 2.06. The lowest BCUT2D eigenvalue weighted by atomic mass is 10.2. The number of rotatable bonds is 7. The van der Waals surface area contributed by atoms with Crippen LogP contribution >= 0.6 is 11.8 Å². The number of ether oxygens (including phenoxy) is 1. The molecule has 7 heteroatoms. The monoisotopic (exact) mass is 348 g/mol. The molecule has 0 radical (unpaired) electrons. The second-order valence-electron chi connectivity index (χ2n) is 4.75. The van der Waals surface area contributed by atoms with Gasteiger partial charge in [-0.05, 0) is 42.0 Å². The van der Waals surface area contributed by atoms with Crippen LogP contribution in [0, 0.1) is 11.3 Å². The fourth-order valence-electron chi connectivity index (χ4n) is 1.85. The van der Waals surface area contributed by atoms with Gasteiger partial charge >= 0.3 is 6.61 Å². The minimum atomic E-state index is -2.87. The first-order valence-electron chi connectivity index (χ1n) is 6.98. The van der Waals surface area contributed by atoms with E-state index in [1.54, 1.807) is 12.1 Å². The SMILES string of the molecule is N#Cc1ccc(CSCC(=O)Nc2ccc(OC(F)F)cc2)cc1. The highest BCUT2D eigenvalue weighted by atomic mass is 32.2. The number of hydrogen-bond donors (Lipinski definition) is 1. The Balaban J connectivity index is 1.75. The maximum Gasteiger partial charge on any atom is 0.387 e. The van der Waals surface area contributed by atoms with Gasteiger partial charge in [-0.1, -0.05) is 12.1 Å². The number of amides is 1. The minimum absolute atomic E-state index is 0.0400. The Morgan fingerprint density at radius 3 is 2.42 bits per heavy atom. The Bertz CT molecular complexity index is 713. The van der Waals surface area contributed by atoms with Crippen molar-refractivity contribution in [2.24, 2.45) is 0 Å². The average molecular weight is 348 g/mol. The summed E-state index contributed by atoms with van der Waals surface area (Å²) in [6.07, 6.45) is 0. The lowest BCUT2D eigenvalue weighted by Crippen LogP contribution is -2.14. The third-order valence-electron chi connectivity index (χ3n) is 2.95. The van der Waals surface area contributed by atoms with E-state index in [4.69, 9.17) is 5.26 Å². The molecule has 0 unspecified atom stereocenters. The van der Waals surface area contributed by atoms with Gasteiger partial charge in [0.25, 0.3) is 0 Å². The Morgan fingerprint density at radius 1 is 1.17 bits per heavy atom. The molecule has 0 aliphatic rings. The van der Waals surface area contributed by atoms with E-state index in [0.717, 1.165) is 5.56 Å². The lowest BCUT2D eigenvalue weighted by molar-refractivity contribution is -0.113. The zero-order valence-electron chi connectivity index (χ0n) is 12.5. The van der Waals surface area contributed by atoms with Gasteiger partial charge in [-0.15, -0.1) is 11.8 Å². The first-order chi connectivity index (χ1) is 11.6. The number of alkyl halides is 2. The molecule has 124 valence electrons. The minimum Gasteiger partial charge on any atom is -0.435 e. The molecule has 0 saturated heterocycles. The molecule has 4 nitrogen and oxygen atoms in total. The van der Waals surface area contributed by atoms with Gasteiger partial charge in [0.2, 0.25) is 5.91 Å². The van der Waals surface area contributed by atoms with Crippen LogP contribution in [0.25, 0.3) is 0 Å². The van der Waals surface area contributed by atoms with Gasteiger partial charge < -0.3 is 10.1 Å². The maximum atomic E-state index is 12.0. The van der Waals surface area contributed by atoms with Crippen molar-refractivity contribution in [1.82, 2.24) is 0 Å². The fraction of sp³-hybridized carbons (Fsp3) is 0.176. The zero-order valence-corrected chi connectivity index (χ0v) is 13.4. The zero-order chi connectivity index (χ0) is 17.4. The highest BCUT2D eigenvalue weighted by molar-refractivity contribution is 7.99. The molecule has 0 aliphatic heterocycles. The summed E-state index contributed by atoms with van der Waals surface area (Å²) in [5.74, 6) is 0.768. The van der Waals surface area contributed by atoms with Gasteiger partial charge in [0.1, 0.15) is 5.75 Å². The van der Waals surface area contributed by atoms with E-state index >= 15 is 0 Å². The third-order valence-corrected chi connectivity index (χ3v) is 3.95. The molecule has 2 rings (SSSR count). The Labute approximate surface area is 142 Å². The van der Waals surface area contributed by atoms with Crippen LogP contribution in [0.5, 0.6) is 5.75 Å². The molecule has 0 atom stereocenters. The van der Waals surface area contributed by atoms with Crippen molar-refractivity contribution in [3.63, 3.8) is 0 Å². The Morgan fingerprint density at radius 2 is 1.83 bits per heavy atom. The highest BCUT2D eigenvalue weighted by Crippen LogP contribution is 2.18. The van der Waals surface area contributed by atoms with E-state index in [1.165, 1.54) is 36.0 Å². The molecule has 2 aromatic carbocycles. The van der Waals surface area contributed by atoms with Crippen LogP contribution in [-0.2, 0) is 10.5 Å². The van der Waals surface area contributed by atoms with Crippen LogP contribution < -0.4 is 10.1 Å². The lowest BCUT2D eigenvalue weighted by Gasteiger charge is -2.07. The van der Waals surface area contributed by atoms with Crippen molar-refractivity contribution in [3.8, 4) is 11.8 Å². The first-order valence-corrected chi connectivity index (χ1v) is 8.14. The number of benzene rings is 2. The number of carbonyl (C=O) groups is 1. The van der Waals surface area contributed by atoms with Crippen LogP contribution in [0.2, 0.25) is 0 Å². The largest absolute Gasteiger partial charge is 0.435 e. The fourth-order valence-corrected chi connectivity index (χ4v) is 2.64. The number of hydrogen-bond acceptors (Lipinski definition) is 4. The third kappa shape index (κ3) is 5.89. The number of nitriles is 1. The van der Waals surface area contributed by atoms with E-state index in [-0.39, 0.29) is 17.4 Å². The van der Waals surface area contributed by atoms with E-state index in [9.17, 15) is 13.6 Å². The average Bonchev–Trinajstić information content (AvgIpc) is 2.57. The van der Waals surface area contributed by atoms with E-state index in [1.807, 2.05) is 18.2 Å². The van der Waals surface area contributed by atoms with Crippen molar-refractivity contribution >= 4 is 23.4 Å². The van der Waals surface area contributed by atoms with Crippen LogP contribution in [0.4, 0.5) is 14.5 Å². The van der Waals surface area contributed by atoms with Crippen molar-refractivity contribution in [3.05, 3.63) is 59.7 Å². The molecule has 0 spiro atoms. The van der Waals surface area contributed by atoms with Gasteiger partial charge in [-0.25, -0.2) is 0 Å². The standard InChI is InChI=1S/C17H14F2N2O2S/c18-17(19)23-15-7-5-14(6-8-15)21-16(22)11-24-10-13-3-1-12(9-20)2-4-13/h1-8,17H,10-11H2,(H,21,22). The van der Waals surface area contributed by atoms with Crippen LogP contribution in [0.1, 0.15) is 11.1 Å². The summed E-state index contributed by atoms with van der Waals surface area (Å²) >= 11 is 1.44. The Hall–Kier alpha value is -2.59. The van der Waals surface area contributed by atoms with Gasteiger partial charge in [-0.2, -0.15) is 14.0 Å². The molecule has 0 aliphatic carbocycles. The van der Waals surface area contributed by atoms with Gasteiger partial charge in [0, 0.05) is 11.4 Å². The molecule has 0 heterocycles. The molecule has 1 N–H and O–H groups in total. The maximum absolute atomic E-state index is 12.0. The van der Waals surface area contributed by atoms with Crippen molar-refractivity contribution < 1.29 is 18.3 Å². The molecule has 0 fully saturated rings. The summed E-state index contributed by atoms with van der Waals surface area (Å²) in [6, 6.07) is 15.0. The van der Waals surface area contributed by atoms with Crippen LogP contribution in [-0.4, -0.2) is 18.3 Å². The number of halogens is 2. The predicted octanol–water partition coefficient (Wildman–Crippen LogP) is 4.03. The van der Waals surface area contributed by atoms with Crippen molar-refractivity contribution in [1.29, 1.82) is 5.26 Å². The van der Waals surface area contributed by atoms with Crippen molar-refractivity contribution in [2.45, 2.75) is 12.4 Å². The van der Waals surface area contributed by atoms with Crippen molar-refractivity contribution in [2.75, 3.05) is 11.1 Å². The molecular formula is C17H14F2N2O2S. The summed E-state index contributed by atoms with van der Waals surface area (Å²) in [6.45, 7) is -2.87. The van der Waals surface area contributed by atoms with Gasteiger partial charge in [-0.3, -0.25) is 4.79 Å². The topological polar surface area (TPSA) is 62.1 Å². The number of thioether (sulfide) groups is 1. The smallest absolute Gasteiger partial charge is 0.387 e. The molecule has 1 amide bonds. The molecule has 0 aromatic heterocycles. The molecule has 2 aromatic rings. The predicted molar refractivity (Wildman–Crippen MR) is 89.0 cm³/mol. The molecule has 24 heavy (non-hydrogen) atoms. The second-order valence-corrected chi connectivity index (χ2v) is 5.74. The number of carbonyl (C=O) groups excluding carboxylic acids is 1. The quantitative estimate of drug-likeness (QED) is 0.820. The summed E-state index contributed by atoms with van der Waals surface area (Å²) in [7, 11) is 0. The number of anilines is 1. The summed E-state index contributed by atoms with van der Waals surface area (Å²) in [5, 5.41) is 11.4. The van der Waals surface area contributed by atoms with Gasteiger partial charge in [0.05, 0.1) is 17.4 Å². The summed E-state index contributed by atoms with van der Waals surface area (Å²) in [5.41, 5.74) is 2.14. The van der Waals surface area contributed by atoms with Crippen LogP contribution in [0.3, 0.4) is 0 Å². The summed E-state index contributed by atoms with van der Waals surface area (Å²) < 4.78 is 28.3. The number of nitrogens with one attached hydrogen (secondary N) is 1. The number of nitrogens with zero attached hydrogens (tertiary/aromatic N) is 1. The van der Waals surface area contributed by atoms with E-state index in [0.29, 0.717) is 17.0 Å². The molecule has 0 bridgehead atoms. The normalized spacial score (nSPS) is 10.2. The van der Waals surface area contributed by atoms with E-state index < -0.39 is 6.61 Å². The molecule has 0 saturated carbocycles. The summed E-state index contributed by atoms with van der Waals surface area (Å²) in [4.78, 5) is 11.8. The molecular weight excluding hydrogens is 334 g/mol. The Kier molecular flexibility index (Phi) is 6.58. The second kappa shape index (κ2) is 8.89. The van der Waals surface area contributed by atoms with Crippen LogP contribution in [0.15, 0.2) is 48.5 Å². The van der Waals surface area contributed by atoms with Gasteiger partial charge in [0.15, 0.2) is 0 Å². The first kappa shape index (κ1) is 17.8. The van der Waals surface area contributed by atoms with E-state index in [2.05, 4.69) is 10.1 Å².